The minimum atomic E-state index is -4.67. The molecule has 1 aliphatic heterocycles. The van der Waals surface area contributed by atoms with Crippen LogP contribution in [-0.4, -0.2) is 45.1 Å². The van der Waals surface area contributed by atoms with E-state index in [1.54, 1.807) is 25.2 Å². The predicted octanol–water partition coefficient (Wildman–Crippen LogP) is 4.15. The first-order valence-electron chi connectivity index (χ1n) is 12.8. The molecule has 3 aromatic rings. The lowest BCUT2D eigenvalue weighted by molar-refractivity contribution is -0.136. The summed E-state index contributed by atoms with van der Waals surface area (Å²) in [4.78, 5) is 28.3. The lowest BCUT2D eigenvalue weighted by Gasteiger charge is -2.45. The van der Waals surface area contributed by atoms with Crippen molar-refractivity contribution in [2.75, 3.05) is 20.1 Å². The zero-order chi connectivity index (χ0) is 26.5. The second-order valence-corrected chi connectivity index (χ2v) is 10.9. The molecule has 3 heterocycles. The SMILES string of the molecule is CNC(=O)C1(c2cccc(-n3nc4c(C(F)(F)F)cc(CN5CCC[C@H](C)C5)cn4c3=O)c2)CC(C)C1. The molecular formula is C27H32F3N5O2. The van der Waals surface area contributed by atoms with Crippen LogP contribution in [0.3, 0.4) is 0 Å². The molecule has 1 aromatic carbocycles. The summed E-state index contributed by atoms with van der Waals surface area (Å²) >= 11 is 0. The average Bonchev–Trinajstić information content (AvgIpc) is 3.16. The Labute approximate surface area is 213 Å². The number of hydrogen-bond acceptors (Lipinski definition) is 4. The minimum absolute atomic E-state index is 0.110. The third-order valence-corrected chi connectivity index (χ3v) is 7.83. The normalized spacial score (nSPS) is 24.7. The maximum absolute atomic E-state index is 14.1. The van der Waals surface area contributed by atoms with Crippen LogP contribution in [0.15, 0.2) is 41.3 Å². The van der Waals surface area contributed by atoms with Crippen LogP contribution in [0.5, 0.6) is 0 Å². The van der Waals surface area contributed by atoms with E-state index in [2.05, 4.69) is 29.2 Å². The number of rotatable bonds is 5. The summed E-state index contributed by atoms with van der Waals surface area (Å²) in [6.07, 6.45) is 0.225. The lowest BCUT2D eigenvalue weighted by Crippen LogP contribution is -2.51. The van der Waals surface area contributed by atoms with Gasteiger partial charge in [0.15, 0.2) is 5.65 Å². The van der Waals surface area contributed by atoms with Gasteiger partial charge in [0.1, 0.15) is 5.56 Å². The van der Waals surface area contributed by atoms with E-state index in [0.29, 0.717) is 42.5 Å². The van der Waals surface area contributed by atoms with Crippen molar-refractivity contribution in [3.05, 3.63) is 63.7 Å². The number of likely N-dealkylation sites (tertiary alicyclic amines) is 1. The number of nitrogens with one attached hydrogen (secondary N) is 1. The Morgan fingerprint density at radius 2 is 1.95 bits per heavy atom. The fourth-order valence-electron chi connectivity index (χ4n) is 6.14. The van der Waals surface area contributed by atoms with E-state index in [1.165, 1.54) is 6.20 Å². The number of halogens is 3. The summed E-state index contributed by atoms with van der Waals surface area (Å²) in [6.45, 7) is 6.17. The molecule has 1 N–H and O–H groups in total. The molecule has 1 saturated carbocycles. The highest BCUT2D eigenvalue weighted by atomic mass is 19.4. The summed E-state index contributed by atoms with van der Waals surface area (Å²) in [7, 11) is 1.59. The highest BCUT2D eigenvalue weighted by molar-refractivity contribution is 5.89. The van der Waals surface area contributed by atoms with E-state index in [4.69, 9.17) is 0 Å². The molecule has 0 spiro atoms. The number of fused-ring (bicyclic) bond motifs is 1. The van der Waals surface area contributed by atoms with Gasteiger partial charge in [-0.05, 0) is 73.4 Å². The van der Waals surface area contributed by atoms with Crippen molar-refractivity contribution >= 4 is 11.6 Å². The van der Waals surface area contributed by atoms with Crippen LogP contribution in [0.4, 0.5) is 13.2 Å². The van der Waals surface area contributed by atoms with Gasteiger partial charge >= 0.3 is 11.9 Å². The van der Waals surface area contributed by atoms with E-state index in [-0.39, 0.29) is 5.91 Å². The van der Waals surface area contributed by atoms with Crippen LogP contribution in [0.2, 0.25) is 0 Å². The third kappa shape index (κ3) is 4.56. The van der Waals surface area contributed by atoms with E-state index >= 15 is 0 Å². The summed E-state index contributed by atoms with van der Waals surface area (Å²) in [5.74, 6) is 0.740. The first kappa shape index (κ1) is 25.5. The monoisotopic (exact) mass is 515 g/mol. The Bertz CT molecular complexity index is 1390. The molecular weight excluding hydrogens is 483 g/mol. The van der Waals surface area contributed by atoms with Crippen molar-refractivity contribution in [3.63, 3.8) is 0 Å². The highest BCUT2D eigenvalue weighted by Gasteiger charge is 2.49. The summed E-state index contributed by atoms with van der Waals surface area (Å²) in [5.41, 5.74) is -1.29. The second kappa shape index (κ2) is 9.31. The van der Waals surface area contributed by atoms with Gasteiger partial charge in [-0.1, -0.05) is 26.0 Å². The lowest BCUT2D eigenvalue weighted by atomic mass is 9.58. The average molecular weight is 516 g/mol. The number of nitrogens with zero attached hydrogens (tertiary/aromatic N) is 4. The Morgan fingerprint density at radius 1 is 1.19 bits per heavy atom. The Hall–Kier alpha value is -3.14. The summed E-state index contributed by atoms with van der Waals surface area (Å²) < 4.78 is 44.3. The van der Waals surface area contributed by atoms with Gasteiger partial charge in [-0.25, -0.2) is 9.20 Å². The van der Waals surface area contributed by atoms with Crippen molar-refractivity contribution in [2.45, 2.75) is 57.7 Å². The zero-order valence-corrected chi connectivity index (χ0v) is 21.3. The maximum Gasteiger partial charge on any atom is 0.420 e. The van der Waals surface area contributed by atoms with E-state index < -0.39 is 28.5 Å². The van der Waals surface area contributed by atoms with Gasteiger partial charge in [-0.15, -0.1) is 5.10 Å². The standard InChI is InChI=1S/C27H32F3N5O2/c1-17-6-5-9-33(14-17)15-19-10-22(27(28,29)30)23-32-35(25(37)34(23)16-19)21-8-4-7-20(11-21)26(24(36)31-3)12-18(2)13-26/h4,7-8,10-11,16-18H,5-6,9,12-15H2,1-3H3,(H,31,36)/t17-,18?,26?/m0/s1. The number of benzene rings is 1. The largest absolute Gasteiger partial charge is 0.420 e. The fourth-order valence-corrected chi connectivity index (χ4v) is 6.14. The molecule has 5 rings (SSSR count). The molecule has 2 aliphatic rings. The Kier molecular flexibility index (Phi) is 6.42. The first-order valence-corrected chi connectivity index (χ1v) is 12.8. The molecule has 37 heavy (non-hydrogen) atoms. The molecule has 1 aliphatic carbocycles. The fraction of sp³-hybridized carbons (Fsp3) is 0.519. The molecule has 2 fully saturated rings. The van der Waals surface area contributed by atoms with E-state index in [9.17, 15) is 22.8 Å². The van der Waals surface area contributed by atoms with Gasteiger partial charge in [0.05, 0.1) is 11.1 Å². The van der Waals surface area contributed by atoms with Crippen LogP contribution in [0.1, 0.15) is 56.2 Å². The predicted molar refractivity (Wildman–Crippen MR) is 134 cm³/mol. The van der Waals surface area contributed by atoms with Crippen LogP contribution in [0, 0.1) is 11.8 Å². The third-order valence-electron chi connectivity index (χ3n) is 7.83. The molecule has 7 nitrogen and oxygen atoms in total. The number of amides is 1. The number of alkyl halides is 3. The quantitative estimate of drug-likeness (QED) is 0.554. The zero-order valence-electron chi connectivity index (χ0n) is 21.3. The second-order valence-electron chi connectivity index (χ2n) is 10.9. The number of carbonyl (C=O) groups is 1. The molecule has 1 atom stereocenters. The summed E-state index contributed by atoms with van der Waals surface area (Å²) in [5, 5.41) is 6.86. The molecule has 1 saturated heterocycles. The number of pyridine rings is 1. The smallest absolute Gasteiger partial charge is 0.358 e. The van der Waals surface area contributed by atoms with Gasteiger partial charge in [-0.2, -0.15) is 17.9 Å². The van der Waals surface area contributed by atoms with Gasteiger partial charge in [0.2, 0.25) is 5.91 Å². The minimum Gasteiger partial charge on any atom is -0.358 e. The Balaban J connectivity index is 1.59. The van der Waals surface area contributed by atoms with E-state index in [0.717, 1.165) is 46.6 Å². The number of hydrogen-bond donors (Lipinski definition) is 1. The topological polar surface area (TPSA) is 71.6 Å². The Morgan fingerprint density at radius 3 is 2.59 bits per heavy atom. The maximum atomic E-state index is 14.1. The summed E-state index contributed by atoms with van der Waals surface area (Å²) in [6, 6.07) is 7.96. The van der Waals surface area contributed by atoms with Crippen molar-refractivity contribution < 1.29 is 18.0 Å². The van der Waals surface area contributed by atoms with Gasteiger partial charge in [0, 0.05) is 26.3 Å². The van der Waals surface area contributed by atoms with Gasteiger partial charge in [-0.3, -0.25) is 9.69 Å². The van der Waals surface area contributed by atoms with Crippen molar-refractivity contribution in [2.24, 2.45) is 11.8 Å². The number of aromatic nitrogens is 3. The van der Waals surface area contributed by atoms with Crippen molar-refractivity contribution in [1.82, 2.24) is 24.4 Å². The number of likely N-dealkylation sites (N-methyl/N-ethyl adjacent to an activating group) is 1. The van der Waals surface area contributed by atoms with Crippen LogP contribution >= 0.6 is 0 Å². The highest BCUT2D eigenvalue weighted by Crippen LogP contribution is 2.48. The van der Waals surface area contributed by atoms with Crippen LogP contribution in [0.25, 0.3) is 11.3 Å². The molecule has 10 heteroatoms. The molecule has 0 unspecified atom stereocenters. The van der Waals surface area contributed by atoms with Gasteiger partial charge in [0.25, 0.3) is 0 Å². The number of piperidine rings is 1. The molecule has 0 radical (unpaired) electrons. The number of carbonyl (C=O) groups excluding carboxylic acids is 1. The molecule has 0 bridgehead atoms. The van der Waals surface area contributed by atoms with Gasteiger partial charge < -0.3 is 5.32 Å². The first-order chi connectivity index (χ1) is 17.5. The van der Waals surface area contributed by atoms with Crippen molar-refractivity contribution in [3.8, 4) is 5.69 Å². The molecule has 1 amide bonds. The molecule has 198 valence electrons. The van der Waals surface area contributed by atoms with E-state index in [1.807, 2.05) is 6.07 Å². The van der Waals surface area contributed by atoms with Crippen LogP contribution in [-0.2, 0) is 22.9 Å². The van der Waals surface area contributed by atoms with Crippen LogP contribution < -0.4 is 11.0 Å². The molecule has 2 aromatic heterocycles. The van der Waals surface area contributed by atoms with Crippen molar-refractivity contribution in [1.29, 1.82) is 0 Å².